The van der Waals surface area contributed by atoms with Crippen molar-refractivity contribution in [2.45, 2.75) is 34.1 Å². The van der Waals surface area contributed by atoms with Crippen molar-refractivity contribution in [1.82, 2.24) is 10.3 Å². The number of carbonyl (C=O) groups excluding carboxylic acids is 1. The number of nitrogens with one attached hydrogen (secondary N) is 2. The van der Waals surface area contributed by atoms with Crippen LogP contribution in [0.15, 0.2) is 15.3 Å². The van der Waals surface area contributed by atoms with E-state index in [1.165, 1.54) is 0 Å². The van der Waals surface area contributed by atoms with Crippen molar-refractivity contribution >= 4 is 21.8 Å². The normalized spacial score (nSPS) is 11.4. The van der Waals surface area contributed by atoms with E-state index in [4.69, 9.17) is 0 Å². The van der Waals surface area contributed by atoms with E-state index in [0.29, 0.717) is 13.0 Å². The lowest BCUT2D eigenvalue weighted by molar-refractivity contribution is 0.0937. The first-order valence-electron chi connectivity index (χ1n) is 5.94. The third-order valence-corrected chi connectivity index (χ3v) is 3.15. The summed E-state index contributed by atoms with van der Waals surface area (Å²) in [6.45, 7) is 8.53. The Hall–Kier alpha value is -1.10. The maximum Gasteiger partial charge on any atom is 0.261 e. The number of H-pyrrole nitrogens is 1. The van der Waals surface area contributed by atoms with Crippen LogP contribution >= 0.6 is 15.9 Å². The molecule has 1 heterocycles. The minimum atomic E-state index is -0.346. The maximum atomic E-state index is 11.9. The number of aryl methyl sites for hydroxylation is 1. The minimum Gasteiger partial charge on any atom is -0.351 e. The first-order chi connectivity index (χ1) is 8.24. The van der Waals surface area contributed by atoms with Gasteiger partial charge in [-0.2, -0.15) is 0 Å². The highest BCUT2D eigenvalue weighted by Crippen LogP contribution is 2.15. The van der Waals surface area contributed by atoms with Crippen LogP contribution in [0.1, 0.15) is 43.7 Å². The Balaban J connectivity index is 2.94. The third-order valence-electron chi connectivity index (χ3n) is 2.45. The minimum absolute atomic E-state index is 0.0109. The molecule has 0 aliphatic carbocycles. The zero-order valence-electron chi connectivity index (χ0n) is 11.2. The van der Waals surface area contributed by atoms with Crippen LogP contribution < -0.4 is 10.9 Å². The van der Waals surface area contributed by atoms with Gasteiger partial charge in [0.05, 0.1) is 0 Å². The van der Waals surface area contributed by atoms with Crippen molar-refractivity contribution < 1.29 is 4.79 Å². The van der Waals surface area contributed by atoms with Crippen LogP contribution in [-0.2, 0) is 6.42 Å². The largest absolute Gasteiger partial charge is 0.351 e. The lowest BCUT2D eigenvalue weighted by Crippen LogP contribution is -2.35. The SMILES string of the molecule is CCc1[nH]c(=O)c(C(=O)NCC(C)(C)C)cc1Br. The molecule has 0 atom stereocenters. The number of pyridine rings is 1. The summed E-state index contributed by atoms with van der Waals surface area (Å²) in [6, 6.07) is 1.58. The molecular formula is C13H19BrN2O2. The number of halogens is 1. The number of carbonyl (C=O) groups is 1. The van der Waals surface area contributed by atoms with E-state index in [9.17, 15) is 9.59 Å². The molecule has 0 spiro atoms. The molecule has 1 rings (SSSR count). The summed E-state index contributed by atoms with van der Waals surface area (Å²) < 4.78 is 0.755. The first kappa shape index (κ1) is 15.0. The van der Waals surface area contributed by atoms with Crippen molar-refractivity contribution in [3.8, 4) is 0 Å². The maximum absolute atomic E-state index is 11.9. The summed E-state index contributed by atoms with van der Waals surface area (Å²) in [5.41, 5.74) is 0.584. The summed E-state index contributed by atoms with van der Waals surface area (Å²) >= 11 is 3.35. The molecule has 18 heavy (non-hydrogen) atoms. The molecule has 0 saturated heterocycles. The molecule has 5 heteroatoms. The van der Waals surface area contributed by atoms with Gasteiger partial charge in [0.15, 0.2) is 0 Å². The Morgan fingerprint density at radius 2 is 2.06 bits per heavy atom. The molecule has 2 N–H and O–H groups in total. The van der Waals surface area contributed by atoms with Crippen molar-refractivity contribution in [1.29, 1.82) is 0 Å². The smallest absolute Gasteiger partial charge is 0.261 e. The van der Waals surface area contributed by atoms with Gasteiger partial charge >= 0.3 is 0 Å². The second-order valence-corrected chi connectivity index (χ2v) is 6.29. The molecule has 0 aromatic carbocycles. The van der Waals surface area contributed by atoms with Gasteiger partial charge in [-0.15, -0.1) is 0 Å². The molecule has 1 aromatic rings. The standard InChI is InChI=1S/C13H19BrN2O2/c1-5-10-9(14)6-8(12(18)16-10)11(17)15-7-13(2,3)4/h6H,5,7H2,1-4H3,(H,15,17)(H,16,18). The lowest BCUT2D eigenvalue weighted by Gasteiger charge is -2.18. The molecule has 0 unspecified atom stereocenters. The fourth-order valence-corrected chi connectivity index (χ4v) is 2.02. The fraction of sp³-hybridized carbons (Fsp3) is 0.538. The molecule has 0 saturated carbocycles. The highest BCUT2D eigenvalue weighted by molar-refractivity contribution is 9.10. The van der Waals surface area contributed by atoms with Gasteiger partial charge in [-0.25, -0.2) is 0 Å². The van der Waals surface area contributed by atoms with Crippen molar-refractivity contribution in [3.63, 3.8) is 0 Å². The zero-order chi connectivity index (χ0) is 13.9. The summed E-state index contributed by atoms with van der Waals surface area (Å²) in [5.74, 6) is -0.338. The van der Waals surface area contributed by atoms with E-state index in [-0.39, 0.29) is 22.4 Å². The Labute approximate surface area is 115 Å². The average molecular weight is 315 g/mol. The second kappa shape index (κ2) is 5.69. The number of hydrogen-bond donors (Lipinski definition) is 2. The number of amides is 1. The summed E-state index contributed by atoms with van der Waals surface area (Å²) in [5, 5.41) is 2.76. The summed E-state index contributed by atoms with van der Waals surface area (Å²) in [6.07, 6.45) is 0.708. The molecule has 0 radical (unpaired) electrons. The van der Waals surface area contributed by atoms with Crippen molar-refractivity contribution in [3.05, 3.63) is 32.2 Å². The molecule has 1 aromatic heterocycles. The van der Waals surface area contributed by atoms with Crippen LogP contribution in [0.3, 0.4) is 0 Å². The van der Waals surface area contributed by atoms with Crippen LogP contribution in [0, 0.1) is 5.41 Å². The number of aromatic nitrogens is 1. The van der Waals surface area contributed by atoms with Crippen LogP contribution in [-0.4, -0.2) is 17.4 Å². The van der Waals surface area contributed by atoms with Gasteiger partial charge in [-0.05, 0) is 33.8 Å². The Morgan fingerprint density at radius 3 is 2.56 bits per heavy atom. The monoisotopic (exact) mass is 314 g/mol. The molecule has 0 bridgehead atoms. The molecule has 4 nitrogen and oxygen atoms in total. The lowest BCUT2D eigenvalue weighted by atomic mass is 9.97. The Bertz CT molecular complexity index is 501. The first-order valence-corrected chi connectivity index (χ1v) is 6.74. The Kier molecular flexibility index (Phi) is 4.73. The summed E-state index contributed by atoms with van der Waals surface area (Å²) in [7, 11) is 0. The number of hydrogen-bond acceptors (Lipinski definition) is 2. The molecule has 1 amide bonds. The van der Waals surface area contributed by atoms with E-state index in [0.717, 1.165) is 10.2 Å². The van der Waals surface area contributed by atoms with Gasteiger partial charge in [0.2, 0.25) is 0 Å². The van der Waals surface area contributed by atoms with Gasteiger partial charge in [0.1, 0.15) is 5.56 Å². The quantitative estimate of drug-likeness (QED) is 0.900. The van der Waals surface area contributed by atoms with Crippen molar-refractivity contribution in [2.75, 3.05) is 6.54 Å². The number of aromatic amines is 1. The third kappa shape index (κ3) is 3.98. The van der Waals surface area contributed by atoms with Crippen LogP contribution in [0.5, 0.6) is 0 Å². The van der Waals surface area contributed by atoms with E-state index in [1.807, 2.05) is 27.7 Å². The van der Waals surface area contributed by atoms with Crippen LogP contribution in [0.2, 0.25) is 0 Å². The van der Waals surface area contributed by atoms with Gasteiger partial charge < -0.3 is 10.3 Å². The number of rotatable bonds is 3. The molecule has 0 aliphatic rings. The molecular weight excluding hydrogens is 296 g/mol. The van der Waals surface area contributed by atoms with E-state index in [2.05, 4.69) is 26.2 Å². The Morgan fingerprint density at radius 1 is 1.44 bits per heavy atom. The van der Waals surface area contributed by atoms with Gasteiger partial charge in [0.25, 0.3) is 11.5 Å². The zero-order valence-corrected chi connectivity index (χ0v) is 12.8. The highest BCUT2D eigenvalue weighted by atomic mass is 79.9. The van der Waals surface area contributed by atoms with E-state index in [1.54, 1.807) is 6.07 Å². The van der Waals surface area contributed by atoms with E-state index < -0.39 is 0 Å². The fourth-order valence-electron chi connectivity index (χ4n) is 1.41. The van der Waals surface area contributed by atoms with E-state index >= 15 is 0 Å². The second-order valence-electron chi connectivity index (χ2n) is 5.44. The van der Waals surface area contributed by atoms with Gasteiger partial charge in [0, 0.05) is 16.7 Å². The molecule has 0 aliphatic heterocycles. The predicted molar refractivity (Wildman–Crippen MR) is 75.9 cm³/mol. The topological polar surface area (TPSA) is 62.0 Å². The average Bonchev–Trinajstić information content (AvgIpc) is 2.27. The summed E-state index contributed by atoms with van der Waals surface area (Å²) in [4.78, 5) is 26.4. The van der Waals surface area contributed by atoms with Gasteiger partial charge in [-0.3, -0.25) is 9.59 Å². The van der Waals surface area contributed by atoms with Crippen LogP contribution in [0.25, 0.3) is 0 Å². The highest BCUT2D eigenvalue weighted by Gasteiger charge is 2.16. The van der Waals surface area contributed by atoms with Gasteiger partial charge in [-0.1, -0.05) is 27.7 Å². The van der Waals surface area contributed by atoms with Crippen LogP contribution in [0.4, 0.5) is 0 Å². The molecule has 0 fully saturated rings. The van der Waals surface area contributed by atoms with Crippen molar-refractivity contribution in [2.24, 2.45) is 5.41 Å². The predicted octanol–water partition coefficient (Wildman–Crippen LogP) is 2.48. The molecule has 100 valence electrons.